The van der Waals surface area contributed by atoms with Crippen molar-refractivity contribution >= 4 is 11.6 Å². The van der Waals surface area contributed by atoms with Gasteiger partial charge in [0.05, 0.1) is 5.92 Å². The highest BCUT2D eigenvalue weighted by Crippen LogP contribution is 2.52. The summed E-state index contributed by atoms with van der Waals surface area (Å²) in [5, 5.41) is 0. The topological polar surface area (TPSA) is 34.1 Å². The zero-order valence-electron chi connectivity index (χ0n) is 13.7. The van der Waals surface area contributed by atoms with E-state index in [-0.39, 0.29) is 17.5 Å². The van der Waals surface area contributed by atoms with Crippen LogP contribution in [0.1, 0.15) is 46.4 Å². The molecule has 0 radical (unpaired) electrons. The van der Waals surface area contributed by atoms with E-state index < -0.39 is 5.92 Å². The molecule has 2 bridgehead atoms. The Morgan fingerprint density at radius 1 is 0.750 bits per heavy atom. The Balaban J connectivity index is 1.70. The molecule has 0 heterocycles. The molecule has 2 aromatic rings. The van der Waals surface area contributed by atoms with Crippen LogP contribution in [0.2, 0.25) is 0 Å². The van der Waals surface area contributed by atoms with E-state index in [0.29, 0.717) is 17.0 Å². The standard InChI is InChI=1S/C22H22O2/c23-21(16-7-3-1-4-8-16)20(19-14-15-11-12-18(19)13-15)22(24)17-9-5-2-6-10-17/h1-10,15,18-20H,11-14H2. The maximum absolute atomic E-state index is 13.2. The van der Waals surface area contributed by atoms with Crippen molar-refractivity contribution in [1.29, 1.82) is 0 Å². The lowest BCUT2D eigenvalue weighted by Gasteiger charge is -2.28. The summed E-state index contributed by atoms with van der Waals surface area (Å²) < 4.78 is 0. The third kappa shape index (κ3) is 2.71. The van der Waals surface area contributed by atoms with Gasteiger partial charge in [0.15, 0.2) is 11.6 Å². The number of carbonyl (C=O) groups is 2. The lowest BCUT2D eigenvalue weighted by atomic mass is 9.73. The van der Waals surface area contributed by atoms with Crippen molar-refractivity contribution in [2.45, 2.75) is 25.7 Å². The summed E-state index contributed by atoms with van der Waals surface area (Å²) in [6.45, 7) is 0. The molecule has 2 heteroatoms. The van der Waals surface area contributed by atoms with Crippen LogP contribution in [0.4, 0.5) is 0 Å². The first-order chi connectivity index (χ1) is 11.7. The number of benzene rings is 2. The highest BCUT2D eigenvalue weighted by Gasteiger charge is 2.47. The van der Waals surface area contributed by atoms with Crippen LogP contribution in [0.25, 0.3) is 0 Å². The van der Waals surface area contributed by atoms with Crippen LogP contribution in [0.15, 0.2) is 60.7 Å². The highest BCUT2D eigenvalue weighted by atomic mass is 16.2. The minimum Gasteiger partial charge on any atom is -0.293 e. The molecule has 3 unspecified atom stereocenters. The van der Waals surface area contributed by atoms with E-state index in [4.69, 9.17) is 0 Å². The van der Waals surface area contributed by atoms with Crippen molar-refractivity contribution < 1.29 is 9.59 Å². The molecular formula is C22H22O2. The van der Waals surface area contributed by atoms with Crippen LogP contribution in [0.3, 0.4) is 0 Å². The molecule has 0 saturated heterocycles. The fourth-order valence-corrected chi connectivity index (χ4v) is 4.77. The van der Waals surface area contributed by atoms with Gasteiger partial charge < -0.3 is 0 Å². The van der Waals surface area contributed by atoms with Gasteiger partial charge in [0, 0.05) is 11.1 Å². The Morgan fingerprint density at radius 2 is 1.29 bits per heavy atom. The van der Waals surface area contributed by atoms with E-state index in [0.717, 1.165) is 12.3 Å². The molecule has 4 rings (SSSR count). The van der Waals surface area contributed by atoms with Crippen LogP contribution in [-0.4, -0.2) is 11.6 Å². The molecular weight excluding hydrogens is 296 g/mol. The van der Waals surface area contributed by atoms with Crippen LogP contribution in [0, 0.1) is 23.7 Å². The van der Waals surface area contributed by atoms with Crippen molar-refractivity contribution in [1.82, 2.24) is 0 Å². The summed E-state index contributed by atoms with van der Waals surface area (Å²) in [4.78, 5) is 26.4. The average molecular weight is 318 g/mol. The summed E-state index contributed by atoms with van der Waals surface area (Å²) in [6, 6.07) is 18.6. The van der Waals surface area contributed by atoms with E-state index in [2.05, 4.69) is 0 Å². The van der Waals surface area contributed by atoms with Gasteiger partial charge in [0.1, 0.15) is 0 Å². The smallest absolute Gasteiger partial charge is 0.173 e. The number of rotatable bonds is 5. The fourth-order valence-electron chi connectivity index (χ4n) is 4.77. The first-order valence-corrected chi connectivity index (χ1v) is 8.92. The number of ketones is 2. The Hall–Kier alpha value is -2.22. The van der Waals surface area contributed by atoms with Crippen LogP contribution >= 0.6 is 0 Å². The molecule has 0 amide bonds. The molecule has 3 atom stereocenters. The maximum atomic E-state index is 13.2. The average Bonchev–Trinajstić information content (AvgIpc) is 3.26. The zero-order valence-corrected chi connectivity index (χ0v) is 13.7. The lowest BCUT2D eigenvalue weighted by molar-refractivity contribution is 0.0709. The molecule has 0 N–H and O–H groups in total. The van der Waals surface area contributed by atoms with Gasteiger partial charge in [-0.1, -0.05) is 67.1 Å². The number of Topliss-reactive ketones (excluding diaryl/α,β-unsaturated/α-hetero) is 2. The molecule has 2 aliphatic rings. The van der Waals surface area contributed by atoms with Crippen molar-refractivity contribution in [2.75, 3.05) is 0 Å². The summed E-state index contributed by atoms with van der Waals surface area (Å²) in [7, 11) is 0. The van der Waals surface area contributed by atoms with Crippen molar-refractivity contribution in [3.05, 3.63) is 71.8 Å². The molecule has 2 nitrogen and oxygen atoms in total. The largest absolute Gasteiger partial charge is 0.293 e. The first-order valence-electron chi connectivity index (χ1n) is 8.92. The second-order valence-corrected chi connectivity index (χ2v) is 7.28. The molecule has 0 spiro atoms. The Labute approximate surface area is 142 Å². The van der Waals surface area contributed by atoms with Gasteiger partial charge in [-0.3, -0.25) is 9.59 Å². The van der Waals surface area contributed by atoms with Gasteiger partial charge in [0.2, 0.25) is 0 Å². The summed E-state index contributed by atoms with van der Waals surface area (Å²) >= 11 is 0. The lowest BCUT2D eigenvalue weighted by Crippen LogP contribution is -2.34. The molecule has 24 heavy (non-hydrogen) atoms. The van der Waals surface area contributed by atoms with Crippen molar-refractivity contribution in [3.8, 4) is 0 Å². The molecule has 2 aromatic carbocycles. The van der Waals surface area contributed by atoms with Gasteiger partial charge in [-0.15, -0.1) is 0 Å². The molecule has 0 aromatic heterocycles. The molecule has 2 aliphatic carbocycles. The van der Waals surface area contributed by atoms with E-state index in [9.17, 15) is 9.59 Å². The van der Waals surface area contributed by atoms with E-state index in [1.807, 2.05) is 60.7 Å². The van der Waals surface area contributed by atoms with Gasteiger partial charge in [0.25, 0.3) is 0 Å². The Morgan fingerprint density at radius 3 is 1.71 bits per heavy atom. The van der Waals surface area contributed by atoms with Crippen molar-refractivity contribution in [2.24, 2.45) is 23.7 Å². The van der Waals surface area contributed by atoms with Crippen molar-refractivity contribution in [3.63, 3.8) is 0 Å². The fraction of sp³-hybridized carbons (Fsp3) is 0.364. The highest BCUT2D eigenvalue weighted by molar-refractivity contribution is 6.16. The summed E-state index contributed by atoms with van der Waals surface area (Å²) in [5.41, 5.74) is 1.32. The van der Waals surface area contributed by atoms with Crippen LogP contribution in [-0.2, 0) is 0 Å². The number of hydrogen-bond donors (Lipinski definition) is 0. The summed E-state index contributed by atoms with van der Waals surface area (Å²) in [6.07, 6.45) is 4.68. The quantitative estimate of drug-likeness (QED) is 0.586. The molecule has 2 saturated carbocycles. The SMILES string of the molecule is O=C(c1ccccc1)C(C(=O)c1ccccc1)C1CC2CCC1C2. The molecule has 0 aliphatic heterocycles. The first kappa shape index (κ1) is 15.3. The predicted octanol–water partition coefficient (Wildman–Crippen LogP) is 4.80. The monoisotopic (exact) mass is 318 g/mol. The van der Waals surface area contributed by atoms with Gasteiger partial charge in [-0.05, 0) is 37.0 Å². The maximum Gasteiger partial charge on any atom is 0.173 e. The van der Waals surface area contributed by atoms with Gasteiger partial charge in [-0.25, -0.2) is 0 Å². The van der Waals surface area contributed by atoms with Crippen LogP contribution in [0.5, 0.6) is 0 Å². The normalized spacial score (nSPS) is 25.1. The Kier molecular flexibility index (Phi) is 4.05. The predicted molar refractivity (Wildman–Crippen MR) is 94.0 cm³/mol. The minimum atomic E-state index is -0.523. The molecule has 122 valence electrons. The second-order valence-electron chi connectivity index (χ2n) is 7.28. The number of carbonyl (C=O) groups excluding carboxylic acids is 2. The van der Waals surface area contributed by atoms with E-state index in [1.54, 1.807) is 0 Å². The second kappa shape index (κ2) is 6.35. The summed E-state index contributed by atoms with van der Waals surface area (Å²) in [5.74, 6) is 0.952. The zero-order chi connectivity index (χ0) is 16.5. The molecule has 2 fully saturated rings. The number of hydrogen-bond acceptors (Lipinski definition) is 2. The third-order valence-corrected chi connectivity index (χ3v) is 5.90. The van der Waals surface area contributed by atoms with E-state index in [1.165, 1.54) is 19.3 Å². The van der Waals surface area contributed by atoms with Gasteiger partial charge in [-0.2, -0.15) is 0 Å². The van der Waals surface area contributed by atoms with Gasteiger partial charge >= 0.3 is 0 Å². The minimum absolute atomic E-state index is 0.00185. The van der Waals surface area contributed by atoms with E-state index >= 15 is 0 Å². The van der Waals surface area contributed by atoms with Crippen LogP contribution < -0.4 is 0 Å². The number of fused-ring (bicyclic) bond motifs is 2. The third-order valence-electron chi connectivity index (χ3n) is 5.90. The Bertz CT molecular complexity index is 684.